The molecule has 0 aliphatic heterocycles. The Kier molecular flexibility index (Phi) is 3.28. The third-order valence-electron chi connectivity index (χ3n) is 4.88. The summed E-state index contributed by atoms with van der Waals surface area (Å²) >= 11 is 0. The summed E-state index contributed by atoms with van der Waals surface area (Å²) in [5, 5.41) is 2.64. The van der Waals surface area contributed by atoms with Crippen LogP contribution < -0.4 is 0 Å². The maximum absolute atomic E-state index is 5.01. The minimum atomic E-state index is 0.0830. The Hall–Kier alpha value is -1.89. The number of aryl methyl sites for hydroxylation is 3. The van der Waals surface area contributed by atoms with Crippen molar-refractivity contribution < 1.29 is 0 Å². The van der Waals surface area contributed by atoms with Crippen LogP contribution in [0.1, 0.15) is 48.6 Å². The van der Waals surface area contributed by atoms with E-state index in [-0.39, 0.29) is 5.41 Å². The normalized spacial score (nSPS) is 12.3. The molecule has 0 amide bonds. The van der Waals surface area contributed by atoms with Crippen molar-refractivity contribution in [3.63, 3.8) is 0 Å². The molecule has 0 fully saturated rings. The summed E-state index contributed by atoms with van der Waals surface area (Å²) in [6.07, 6.45) is 0. The molecule has 0 aliphatic rings. The topological polar surface area (TPSA) is 12.9 Å². The highest BCUT2D eigenvalue weighted by Crippen LogP contribution is 2.38. The molecule has 1 heterocycles. The van der Waals surface area contributed by atoms with Crippen molar-refractivity contribution in [1.82, 2.24) is 4.98 Å². The van der Waals surface area contributed by atoms with Gasteiger partial charge in [0.1, 0.15) is 0 Å². The van der Waals surface area contributed by atoms with Gasteiger partial charge in [0, 0.05) is 10.8 Å². The maximum atomic E-state index is 5.01. The fourth-order valence-corrected chi connectivity index (χ4v) is 3.51. The molecule has 0 N–H and O–H groups in total. The summed E-state index contributed by atoms with van der Waals surface area (Å²) in [5.41, 5.74) is 9.11. The predicted octanol–water partition coefficient (Wildman–Crippen LogP) is 5.92. The first-order valence-electron chi connectivity index (χ1n) is 8.02. The first-order valence-corrected chi connectivity index (χ1v) is 8.02. The van der Waals surface area contributed by atoms with Crippen molar-refractivity contribution in [2.45, 2.75) is 53.9 Å². The van der Waals surface area contributed by atoms with E-state index in [0.29, 0.717) is 0 Å². The van der Waals surface area contributed by atoms with Crippen molar-refractivity contribution in [2.24, 2.45) is 0 Å². The smallest absolute Gasteiger partial charge is 0.0744 e. The van der Waals surface area contributed by atoms with Crippen molar-refractivity contribution in [2.75, 3.05) is 0 Å². The quantitative estimate of drug-likeness (QED) is 0.468. The Balaban J connectivity index is 2.68. The first-order chi connectivity index (χ1) is 10.2. The van der Waals surface area contributed by atoms with Gasteiger partial charge in [-0.15, -0.1) is 0 Å². The minimum absolute atomic E-state index is 0.0830. The van der Waals surface area contributed by atoms with Gasteiger partial charge in [-0.05, 0) is 73.1 Å². The van der Waals surface area contributed by atoms with Gasteiger partial charge in [0.15, 0.2) is 0 Å². The van der Waals surface area contributed by atoms with Gasteiger partial charge in [0.25, 0.3) is 0 Å². The van der Waals surface area contributed by atoms with Crippen LogP contribution in [0.4, 0.5) is 0 Å². The number of fused-ring (bicyclic) bond motifs is 2. The minimum Gasteiger partial charge on any atom is -0.247 e. The highest BCUT2D eigenvalue weighted by atomic mass is 14.7. The molecule has 3 aromatic rings. The van der Waals surface area contributed by atoms with Gasteiger partial charge in [-0.2, -0.15) is 0 Å². The largest absolute Gasteiger partial charge is 0.247 e. The number of aromatic nitrogens is 1. The molecule has 2 aromatic carbocycles. The summed E-state index contributed by atoms with van der Waals surface area (Å²) in [7, 11) is 0. The molecular weight excluding hydrogens is 266 g/mol. The number of rotatable bonds is 0. The second kappa shape index (κ2) is 4.81. The van der Waals surface area contributed by atoms with Crippen LogP contribution in [0.3, 0.4) is 0 Å². The van der Waals surface area contributed by atoms with Crippen LogP contribution in [0.15, 0.2) is 24.3 Å². The summed E-state index contributed by atoms with van der Waals surface area (Å²) < 4.78 is 0. The first kappa shape index (κ1) is 15.0. The number of hydrogen-bond acceptors (Lipinski definition) is 1. The molecule has 0 saturated carbocycles. The summed E-state index contributed by atoms with van der Waals surface area (Å²) in [4.78, 5) is 5.01. The maximum Gasteiger partial charge on any atom is 0.0744 e. The van der Waals surface area contributed by atoms with E-state index in [4.69, 9.17) is 4.98 Å². The second-order valence-electron chi connectivity index (χ2n) is 7.55. The van der Waals surface area contributed by atoms with Crippen LogP contribution in [0.2, 0.25) is 0 Å². The monoisotopic (exact) mass is 291 g/mol. The van der Waals surface area contributed by atoms with Crippen LogP contribution in [0.25, 0.3) is 21.8 Å². The van der Waals surface area contributed by atoms with Crippen LogP contribution in [-0.4, -0.2) is 4.98 Å². The van der Waals surface area contributed by atoms with Crippen LogP contribution in [-0.2, 0) is 5.41 Å². The van der Waals surface area contributed by atoms with E-state index >= 15 is 0 Å². The third-order valence-corrected chi connectivity index (χ3v) is 4.88. The Morgan fingerprint density at radius 1 is 0.864 bits per heavy atom. The zero-order chi connectivity index (χ0) is 16.2. The van der Waals surface area contributed by atoms with E-state index < -0.39 is 0 Å². The number of hydrogen-bond donors (Lipinski definition) is 0. The lowest BCUT2D eigenvalue weighted by Crippen LogP contribution is -2.14. The van der Waals surface area contributed by atoms with Gasteiger partial charge in [0.2, 0.25) is 0 Å². The van der Waals surface area contributed by atoms with Gasteiger partial charge in [-0.1, -0.05) is 32.9 Å². The summed E-state index contributed by atoms with van der Waals surface area (Å²) in [5.74, 6) is 0. The SMILES string of the molecule is Cc1cc2c(C(C)(C)C)c3c(C)cccc3nc2c(C)c1C. The second-order valence-corrected chi connectivity index (χ2v) is 7.55. The lowest BCUT2D eigenvalue weighted by molar-refractivity contribution is 0.600. The van der Waals surface area contributed by atoms with Gasteiger partial charge in [-0.25, -0.2) is 4.98 Å². The predicted molar refractivity (Wildman–Crippen MR) is 96.9 cm³/mol. The van der Waals surface area contributed by atoms with Crippen molar-refractivity contribution in [1.29, 1.82) is 0 Å². The zero-order valence-electron chi connectivity index (χ0n) is 14.8. The molecule has 0 unspecified atom stereocenters. The Labute approximate surface area is 133 Å². The lowest BCUT2D eigenvalue weighted by Gasteiger charge is -2.26. The van der Waals surface area contributed by atoms with E-state index in [1.165, 1.54) is 38.6 Å². The molecule has 0 atom stereocenters. The van der Waals surface area contributed by atoms with Crippen LogP contribution in [0.5, 0.6) is 0 Å². The third kappa shape index (κ3) is 2.11. The average molecular weight is 291 g/mol. The zero-order valence-corrected chi connectivity index (χ0v) is 14.8. The molecular formula is C21H25N. The molecule has 22 heavy (non-hydrogen) atoms. The standard InChI is InChI=1S/C21H25N/c1-12-9-8-10-17-18(12)19(21(5,6)7)16-11-13(2)14(3)15(4)20(16)22-17/h8-11H,1-7H3. The van der Waals surface area contributed by atoms with E-state index in [9.17, 15) is 0 Å². The van der Waals surface area contributed by atoms with Gasteiger partial charge < -0.3 is 0 Å². The van der Waals surface area contributed by atoms with E-state index in [1.54, 1.807) is 0 Å². The molecule has 0 spiro atoms. The highest BCUT2D eigenvalue weighted by Gasteiger charge is 2.23. The molecule has 0 saturated heterocycles. The van der Waals surface area contributed by atoms with E-state index in [2.05, 4.69) is 72.7 Å². The molecule has 1 nitrogen and oxygen atoms in total. The van der Waals surface area contributed by atoms with E-state index in [1.807, 2.05) is 0 Å². The molecule has 1 heteroatoms. The highest BCUT2D eigenvalue weighted by molar-refractivity contribution is 6.01. The Morgan fingerprint density at radius 2 is 1.55 bits per heavy atom. The van der Waals surface area contributed by atoms with Crippen LogP contribution in [0, 0.1) is 27.7 Å². The fraction of sp³-hybridized carbons (Fsp3) is 0.381. The summed E-state index contributed by atoms with van der Waals surface area (Å²) in [6.45, 7) is 15.7. The lowest BCUT2D eigenvalue weighted by atomic mass is 9.80. The molecule has 0 bridgehead atoms. The molecule has 1 aromatic heterocycles. The fourth-order valence-electron chi connectivity index (χ4n) is 3.51. The number of nitrogens with zero attached hydrogens (tertiary/aromatic N) is 1. The number of pyridine rings is 1. The molecule has 0 radical (unpaired) electrons. The summed E-state index contributed by atoms with van der Waals surface area (Å²) in [6, 6.07) is 8.78. The molecule has 0 aliphatic carbocycles. The molecule has 114 valence electrons. The Bertz CT molecular complexity index is 896. The molecule has 3 rings (SSSR count). The van der Waals surface area contributed by atoms with Crippen LogP contribution >= 0.6 is 0 Å². The average Bonchev–Trinajstić information content (AvgIpc) is 2.43. The number of benzene rings is 2. The van der Waals surface area contributed by atoms with Crippen molar-refractivity contribution in [3.8, 4) is 0 Å². The van der Waals surface area contributed by atoms with Gasteiger partial charge >= 0.3 is 0 Å². The van der Waals surface area contributed by atoms with Gasteiger partial charge in [-0.3, -0.25) is 0 Å². The van der Waals surface area contributed by atoms with Crippen molar-refractivity contribution >= 4 is 21.8 Å². The van der Waals surface area contributed by atoms with E-state index in [0.717, 1.165) is 11.0 Å². The van der Waals surface area contributed by atoms with Gasteiger partial charge in [0.05, 0.1) is 11.0 Å². The Morgan fingerprint density at radius 3 is 2.18 bits per heavy atom. The van der Waals surface area contributed by atoms with Crippen molar-refractivity contribution in [3.05, 3.63) is 52.1 Å².